The second kappa shape index (κ2) is 5.77. The molecule has 0 amide bonds. The van der Waals surface area contributed by atoms with Gasteiger partial charge < -0.3 is 5.32 Å². The highest BCUT2D eigenvalue weighted by Crippen LogP contribution is 2.42. The Hall–Kier alpha value is -1.02. The third-order valence-corrected chi connectivity index (χ3v) is 4.92. The zero-order valence-corrected chi connectivity index (χ0v) is 12.9. The van der Waals surface area contributed by atoms with Gasteiger partial charge in [0.15, 0.2) is 0 Å². The van der Waals surface area contributed by atoms with E-state index in [0.717, 1.165) is 12.8 Å². The standard InChI is InChI=1S/C17H17Cl2N/c1-20-17-9-7-12(13-4-2-3-5-14(13)17)11-6-8-15(18)16(19)10-11/h2-6,8,10,12,17,20H,7,9H2,1H3/t12-,17?/m1/s1. The molecule has 0 saturated carbocycles. The van der Waals surface area contributed by atoms with Gasteiger partial charge in [-0.05, 0) is 48.7 Å². The van der Waals surface area contributed by atoms with Crippen LogP contribution in [0.5, 0.6) is 0 Å². The highest BCUT2D eigenvalue weighted by molar-refractivity contribution is 6.42. The highest BCUT2D eigenvalue weighted by atomic mass is 35.5. The molecule has 1 nitrogen and oxygen atoms in total. The van der Waals surface area contributed by atoms with Gasteiger partial charge in [0.05, 0.1) is 10.0 Å². The van der Waals surface area contributed by atoms with Crippen molar-refractivity contribution in [3.8, 4) is 0 Å². The molecule has 104 valence electrons. The molecule has 0 heterocycles. The lowest BCUT2D eigenvalue weighted by molar-refractivity contribution is 0.471. The molecule has 1 aliphatic carbocycles. The Morgan fingerprint density at radius 1 is 0.950 bits per heavy atom. The first kappa shape index (κ1) is 13.9. The number of nitrogens with one attached hydrogen (secondary N) is 1. The molecule has 0 radical (unpaired) electrons. The molecule has 0 fully saturated rings. The predicted molar refractivity (Wildman–Crippen MR) is 85.8 cm³/mol. The second-order valence-electron chi connectivity index (χ2n) is 5.27. The van der Waals surface area contributed by atoms with Crippen molar-refractivity contribution in [1.29, 1.82) is 0 Å². The molecule has 0 aliphatic heterocycles. The molecule has 2 aromatic rings. The number of halogens is 2. The van der Waals surface area contributed by atoms with Crippen LogP contribution in [0.2, 0.25) is 10.0 Å². The average molecular weight is 306 g/mol. The molecule has 3 heteroatoms. The largest absolute Gasteiger partial charge is 0.313 e. The Balaban J connectivity index is 2.05. The maximum absolute atomic E-state index is 6.17. The summed E-state index contributed by atoms with van der Waals surface area (Å²) in [5, 5.41) is 4.66. The van der Waals surface area contributed by atoms with Crippen LogP contribution in [0.25, 0.3) is 0 Å². The third kappa shape index (κ3) is 2.46. The summed E-state index contributed by atoms with van der Waals surface area (Å²) in [5.41, 5.74) is 4.05. The van der Waals surface area contributed by atoms with Gasteiger partial charge in [-0.1, -0.05) is 53.5 Å². The van der Waals surface area contributed by atoms with Crippen LogP contribution >= 0.6 is 23.2 Å². The first-order chi connectivity index (χ1) is 9.70. The van der Waals surface area contributed by atoms with E-state index in [-0.39, 0.29) is 0 Å². The van der Waals surface area contributed by atoms with Crippen molar-refractivity contribution in [2.24, 2.45) is 0 Å². The molecule has 1 N–H and O–H groups in total. The van der Waals surface area contributed by atoms with Gasteiger partial charge in [-0.15, -0.1) is 0 Å². The van der Waals surface area contributed by atoms with Crippen molar-refractivity contribution in [3.05, 3.63) is 69.2 Å². The van der Waals surface area contributed by atoms with E-state index in [1.54, 1.807) is 0 Å². The van der Waals surface area contributed by atoms with Gasteiger partial charge in [0, 0.05) is 12.0 Å². The van der Waals surface area contributed by atoms with E-state index in [9.17, 15) is 0 Å². The summed E-state index contributed by atoms with van der Waals surface area (Å²) in [6, 6.07) is 15.1. The van der Waals surface area contributed by atoms with Gasteiger partial charge in [-0.3, -0.25) is 0 Å². The number of hydrogen-bond donors (Lipinski definition) is 1. The Morgan fingerprint density at radius 2 is 1.70 bits per heavy atom. The van der Waals surface area contributed by atoms with Crippen molar-refractivity contribution in [3.63, 3.8) is 0 Å². The summed E-state index contributed by atoms with van der Waals surface area (Å²) in [5.74, 6) is 0.408. The summed E-state index contributed by atoms with van der Waals surface area (Å²) in [6.45, 7) is 0. The maximum atomic E-state index is 6.17. The first-order valence-electron chi connectivity index (χ1n) is 6.91. The van der Waals surface area contributed by atoms with Gasteiger partial charge in [-0.25, -0.2) is 0 Å². The van der Waals surface area contributed by atoms with E-state index >= 15 is 0 Å². The highest BCUT2D eigenvalue weighted by Gasteiger charge is 2.27. The molecule has 1 unspecified atom stereocenters. The first-order valence-corrected chi connectivity index (χ1v) is 7.67. The molecule has 20 heavy (non-hydrogen) atoms. The monoisotopic (exact) mass is 305 g/mol. The summed E-state index contributed by atoms with van der Waals surface area (Å²) in [7, 11) is 2.03. The van der Waals surface area contributed by atoms with Crippen molar-refractivity contribution in [2.75, 3.05) is 7.05 Å². The Bertz CT molecular complexity index is 624. The van der Waals surface area contributed by atoms with Crippen LogP contribution in [0, 0.1) is 0 Å². The maximum Gasteiger partial charge on any atom is 0.0595 e. The number of benzene rings is 2. The summed E-state index contributed by atoms with van der Waals surface area (Å²) >= 11 is 12.2. The van der Waals surface area contributed by atoms with E-state index in [2.05, 4.69) is 35.6 Å². The SMILES string of the molecule is CNC1CC[C@H](c2ccc(Cl)c(Cl)c2)c2ccccc21. The predicted octanol–water partition coefficient (Wildman–Crippen LogP) is 5.18. The van der Waals surface area contributed by atoms with Crippen molar-refractivity contribution in [2.45, 2.75) is 24.8 Å². The minimum absolute atomic E-state index is 0.408. The zero-order valence-electron chi connectivity index (χ0n) is 11.4. The Labute approximate surface area is 129 Å². The number of rotatable bonds is 2. The quantitative estimate of drug-likeness (QED) is 0.806. The van der Waals surface area contributed by atoms with E-state index in [1.165, 1.54) is 16.7 Å². The van der Waals surface area contributed by atoms with Gasteiger partial charge in [0.1, 0.15) is 0 Å². The van der Waals surface area contributed by atoms with Crippen LogP contribution in [-0.2, 0) is 0 Å². The fraction of sp³-hybridized carbons (Fsp3) is 0.294. The van der Waals surface area contributed by atoms with Crippen molar-refractivity contribution < 1.29 is 0 Å². The minimum Gasteiger partial charge on any atom is -0.313 e. The van der Waals surface area contributed by atoms with E-state index in [1.807, 2.05) is 19.2 Å². The lowest BCUT2D eigenvalue weighted by atomic mass is 9.77. The van der Waals surface area contributed by atoms with Crippen LogP contribution in [0.4, 0.5) is 0 Å². The van der Waals surface area contributed by atoms with E-state index < -0.39 is 0 Å². The molecular weight excluding hydrogens is 289 g/mol. The van der Waals surface area contributed by atoms with E-state index in [0.29, 0.717) is 22.0 Å². The van der Waals surface area contributed by atoms with Crippen LogP contribution in [0.15, 0.2) is 42.5 Å². The average Bonchev–Trinajstić information content (AvgIpc) is 2.49. The van der Waals surface area contributed by atoms with Crippen LogP contribution in [0.3, 0.4) is 0 Å². The van der Waals surface area contributed by atoms with Crippen molar-refractivity contribution >= 4 is 23.2 Å². The molecule has 0 spiro atoms. The summed E-state index contributed by atoms with van der Waals surface area (Å²) < 4.78 is 0. The summed E-state index contributed by atoms with van der Waals surface area (Å²) in [6.07, 6.45) is 2.26. The fourth-order valence-corrected chi connectivity index (χ4v) is 3.47. The topological polar surface area (TPSA) is 12.0 Å². The number of hydrogen-bond acceptors (Lipinski definition) is 1. The lowest BCUT2D eigenvalue weighted by Gasteiger charge is -2.32. The lowest BCUT2D eigenvalue weighted by Crippen LogP contribution is -2.24. The molecular formula is C17H17Cl2N. The molecule has 0 saturated heterocycles. The molecule has 0 aromatic heterocycles. The fourth-order valence-electron chi connectivity index (χ4n) is 3.17. The molecule has 2 atom stereocenters. The number of fused-ring (bicyclic) bond motifs is 1. The molecule has 2 aromatic carbocycles. The van der Waals surface area contributed by atoms with Crippen LogP contribution in [0.1, 0.15) is 41.5 Å². The Kier molecular flexibility index (Phi) is 4.02. The van der Waals surface area contributed by atoms with Gasteiger partial charge >= 0.3 is 0 Å². The molecule has 1 aliphatic rings. The normalized spacial score (nSPS) is 21.6. The molecule has 0 bridgehead atoms. The van der Waals surface area contributed by atoms with Gasteiger partial charge in [0.25, 0.3) is 0 Å². The second-order valence-corrected chi connectivity index (χ2v) is 6.09. The Morgan fingerprint density at radius 3 is 2.40 bits per heavy atom. The molecule has 3 rings (SSSR count). The van der Waals surface area contributed by atoms with Crippen molar-refractivity contribution in [1.82, 2.24) is 5.32 Å². The van der Waals surface area contributed by atoms with Crippen LogP contribution < -0.4 is 5.32 Å². The van der Waals surface area contributed by atoms with Crippen LogP contribution in [-0.4, -0.2) is 7.05 Å². The van der Waals surface area contributed by atoms with E-state index in [4.69, 9.17) is 23.2 Å². The zero-order chi connectivity index (χ0) is 14.1. The smallest absolute Gasteiger partial charge is 0.0595 e. The minimum atomic E-state index is 0.408. The van der Waals surface area contributed by atoms with Gasteiger partial charge in [0.2, 0.25) is 0 Å². The van der Waals surface area contributed by atoms with Gasteiger partial charge in [-0.2, -0.15) is 0 Å². The summed E-state index contributed by atoms with van der Waals surface area (Å²) in [4.78, 5) is 0. The third-order valence-electron chi connectivity index (χ3n) is 4.19.